The molecule has 2 N–H and O–H groups in total. The molecule has 0 aromatic heterocycles. The lowest BCUT2D eigenvalue weighted by molar-refractivity contribution is 1.14. The average molecular weight is 178 g/mol. The smallest absolute Gasteiger partial charge is 0.0850 e. The zero-order valence-corrected chi connectivity index (χ0v) is 8.65. The van der Waals surface area contributed by atoms with Crippen molar-refractivity contribution in [3.8, 4) is 0 Å². The van der Waals surface area contributed by atoms with Crippen LogP contribution in [0, 0.1) is 0 Å². The van der Waals surface area contributed by atoms with Gasteiger partial charge in [-0.3, -0.25) is 0 Å². The van der Waals surface area contributed by atoms with E-state index in [-0.39, 0.29) is 0 Å². The second-order valence-electron chi connectivity index (χ2n) is 2.76. The van der Waals surface area contributed by atoms with Crippen LogP contribution in [0.2, 0.25) is 0 Å². The van der Waals surface area contributed by atoms with Crippen molar-refractivity contribution >= 4 is 11.4 Å². The first-order valence-corrected chi connectivity index (χ1v) is 5.01. The van der Waals surface area contributed by atoms with E-state index in [9.17, 15) is 0 Å². The summed E-state index contributed by atoms with van der Waals surface area (Å²) in [6.07, 6.45) is 1.11. The van der Waals surface area contributed by atoms with E-state index < -0.39 is 0 Å². The molecule has 13 heavy (non-hydrogen) atoms. The molecule has 0 fully saturated rings. The molecule has 0 spiro atoms. The first-order chi connectivity index (χ1) is 6.40. The standard InChI is InChI=1S/C9H12N2.C2H6/c1-2-7-3-4-8-9(5-7)11-6-10-8;1-2/h3-5,10-11H,2,6H2,1H3;1-2H3. The summed E-state index contributed by atoms with van der Waals surface area (Å²) in [7, 11) is 0. The first-order valence-electron chi connectivity index (χ1n) is 5.01. The average Bonchev–Trinajstić information content (AvgIpc) is 2.67. The van der Waals surface area contributed by atoms with Crippen molar-refractivity contribution in [1.82, 2.24) is 0 Å². The van der Waals surface area contributed by atoms with Crippen LogP contribution in [0.3, 0.4) is 0 Å². The van der Waals surface area contributed by atoms with Crippen LogP contribution in [0.1, 0.15) is 26.3 Å². The van der Waals surface area contributed by atoms with Crippen LogP contribution in [0.5, 0.6) is 0 Å². The van der Waals surface area contributed by atoms with Crippen molar-refractivity contribution in [1.29, 1.82) is 0 Å². The summed E-state index contributed by atoms with van der Waals surface area (Å²) < 4.78 is 0. The molecular formula is C11H18N2. The molecule has 1 aliphatic rings. The number of benzene rings is 1. The maximum Gasteiger partial charge on any atom is 0.0850 e. The fraction of sp³-hybridized carbons (Fsp3) is 0.455. The van der Waals surface area contributed by atoms with Crippen LogP contribution in [0.4, 0.5) is 11.4 Å². The lowest BCUT2D eigenvalue weighted by atomic mass is 10.1. The number of anilines is 2. The third-order valence-electron chi connectivity index (χ3n) is 2.05. The van der Waals surface area contributed by atoms with E-state index in [1.807, 2.05) is 13.8 Å². The zero-order chi connectivity index (χ0) is 9.68. The third kappa shape index (κ3) is 2.14. The Labute approximate surface area is 80.4 Å². The Balaban J connectivity index is 0.000000396. The summed E-state index contributed by atoms with van der Waals surface area (Å²) in [6.45, 7) is 7.03. The normalized spacial score (nSPS) is 11.9. The highest BCUT2D eigenvalue weighted by molar-refractivity contribution is 5.73. The maximum absolute atomic E-state index is 3.26. The Hall–Kier alpha value is -1.18. The van der Waals surface area contributed by atoms with Gasteiger partial charge in [-0.25, -0.2) is 0 Å². The van der Waals surface area contributed by atoms with Crippen LogP contribution < -0.4 is 10.6 Å². The SMILES string of the molecule is CC.CCc1ccc2c(c1)NCN2. The molecule has 2 rings (SSSR count). The Kier molecular flexibility index (Phi) is 3.62. The molecule has 1 heterocycles. The van der Waals surface area contributed by atoms with Gasteiger partial charge in [-0.15, -0.1) is 0 Å². The molecule has 0 saturated carbocycles. The van der Waals surface area contributed by atoms with Gasteiger partial charge in [0.15, 0.2) is 0 Å². The van der Waals surface area contributed by atoms with Crippen LogP contribution >= 0.6 is 0 Å². The van der Waals surface area contributed by atoms with Crippen molar-refractivity contribution in [2.45, 2.75) is 27.2 Å². The van der Waals surface area contributed by atoms with Crippen molar-refractivity contribution in [2.24, 2.45) is 0 Å². The van der Waals surface area contributed by atoms with Crippen LogP contribution in [-0.2, 0) is 6.42 Å². The van der Waals surface area contributed by atoms with Gasteiger partial charge in [-0.1, -0.05) is 26.8 Å². The predicted octanol–water partition coefficient (Wildman–Crippen LogP) is 3.07. The van der Waals surface area contributed by atoms with Gasteiger partial charge in [0.1, 0.15) is 0 Å². The zero-order valence-electron chi connectivity index (χ0n) is 8.65. The quantitative estimate of drug-likeness (QED) is 0.690. The Morgan fingerprint density at radius 3 is 2.54 bits per heavy atom. The fourth-order valence-corrected chi connectivity index (χ4v) is 1.35. The molecule has 0 aliphatic carbocycles. The largest absolute Gasteiger partial charge is 0.366 e. The highest BCUT2D eigenvalue weighted by atomic mass is 15.1. The van der Waals surface area contributed by atoms with Gasteiger partial charge in [-0.2, -0.15) is 0 Å². The van der Waals surface area contributed by atoms with Gasteiger partial charge in [-0.05, 0) is 24.1 Å². The van der Waals surface area contributed by atoms with E-state index in [2.05, 4.69) is 35.8 Å². The molecule has 0 amide bonds. The van der Waals surface area contributed by atoms with E-state index in [0.717, 1.165) is 13.1 Å². The van der Waals surface area contributed by atoms with Gasteiger partial charge >= 0.3 is 0 Å². The van der Waals surface area contributed by atoms with Crippen LogP contribution in [0.25, 0.3) is 0 Å². The molecule has 0 radical (unpaired) electrons. The predicted molar refractivity (Wildman–Crippen MR) is 59.3 cm³/mol. The van der Waals surface area contributed by atoms with E-state index in [1.54, 1.807) is 0 Å². The van der Waals surface area contributed by atoms with Crippen molar-refractivity contribution in [2.75, 3.05) is 17.3 Å². The summed E-state index contributed by atoms with van der Waals surface area (Å²) >= 11 is 0. The van der Waals surface area contributed by atoms with Crippen LogP contribution in [-0.4, -0.2) is 6.67 Å². The molecule has 0 unspecified atom stereocenters. The van der Waals surface area contributed by atoms with E-state index in [4.69, 9.17) is 0 Å². The molecular weight excluding hydrogens is 160 g/mol. The number of nitrogens with one attached hydrogen (secondary N) is 2. The second-order valence-corrected chi connectivity index (χ2v) is 2.76. The third-order valence-corrected chi connectivity index (χ3v) is 2.05. The van der Waals surface area contributed by atoms with Gasteiger partial charge in [0.2, 0.25) is 0 Å². The highest BCUT2D eigenvalue weighted by Gasteiger charge is 2.07. The van der Waals surface area contributed by atoms with E-state index >= 15 is 0 Å². The van der Waals surface area contributed by atoms with Gasteiger partial charge < -0.3 is 10.6 Å². The number of hydrogen-bond donors (Lipinski definition) is 2. The molecule has 0 bridgehead atoms. The Morgan fingerprint density at radius 2 is 1.85 bits per heavy atom. The number of rotatable bonds is 1. The molecule has 0 atom stereocenters. The lowest BCUT2D eigenvalue weighted by Crippen LogP contribution is -1.98. The molecule has 2 nitrogen and oxygen atoms in total. The minimum atomic E-state index is 0.864. The van der Waals surface area contributed by atoms with Crippen molar-refractivity contribution in [3.05, 3.63) is 23.8 Å². The summed E-state index contributed by atoms with van der Waals surface area (Å²) in [5, 5.41) is 6.50. The Morgan fingerprint density at radius 1 is 1.15 bits per heavy atom. The minimum Gasteiger partial charge on any atom is -0.366 e. The highest BCUT2D eigenvalue weighted by Crippen LogP contribution is 2.26. The van der Waals surface area contributed by atoms with Crippen molar-refractivity contribution < 1.29 is 0 Å². The van der Waals surface area contributed by atoms with Gasteiger partial charge in [0.05, 0.1) is 18.0 Å². The Bertz CT molecular complexity index is 269. The molecule has 72 valence electrons. The lowest BCUT2D eigenvalue weighted by Gasteiger charge is -2.00. The fourth-order valence-electron chi connectivity index (χ4n) is 1.35. The molecule has 1 aromatic carbocycles. The topological polar surface area (TPSA) is 24.1 Å². The molecule has 2 heteroatoms. The van der Waals surface area contributed by atoms with Crippen LogP contribution in [0.15, 0.2) is 18.2 Å². The van der Waals surface area contributed by atoms with Gasteiger partial charge in [0, 0.05) is 0 Å². The first kappa shape index (κ1) is 9.90. The second kappa shape index (κ2) is 4.75. The summed E-state index contributed by atoms with van der Waals surface area (Å²) in [5.41, 5.74) is 3.85. The van der Waals surface area contributed by atoms with Gasteiger partial charge in [0.25, 0.3) is 0 Å². The summed E-state index contributed by atoms with van der Waals surface area (Å²) in [6, 6.07) is 6.50. The molecule has 1 aliphatic heterocycles. The monoisotopic (exact) mass is 178 g/mol. The summed E-state index contributed by atoms with van der Waals surface area (Å²) in [5.74, 6) is 0. The number of fused-ring (bicyclic) bond motifs is 1. The maximum atomic E-state index is 3.26. The number of hydrogen-bond acceptors (Lipinski definition) is 2. The summed E-state index contributed by atoms with van der Waals surface area (Å²) in [4.78, 5) is 0. The minimum absolute atomic E-state index is 0.864. The van der Waals surface area contributed by atoms with E-state index in [0.29, 0.717) is 0 Å². The number of aryl methyl sites for hydroxylation is 1. The molecule has 0 saturated heterocycles. The van der Waals surface area contributed by atoms with Crippen molar-refractivity contribution in [3.63, 3.8) is 0 Å². The molecule has 1 aromatic rings. The van der Waals surface area contributed by atoms with E-state index in [1.165, 1.54) is 16.9 Å².